The SMILES string of the molecule is CC(=O)NCCNCC(=O)Nc1ccc(-c2ccccc2)cc1. The van der Waals surface area contributed by atoms with E-state index in [4.69, 9.17) is 0 Å². The summed E-state index contributed by atoms with van der Waals surface area (Å²) in [4.78, 5) is 22.5. The summed E-state index contributed by atoms with van der Waals surface area (Å²) >= 11 is 0. The first-order chi connectivity index (χ1) is 11.1. The molecule has 120 valence electrons. The third-order valence-corrected chi connectivity index (χ3v) is 3.24. The Kier molecular flexibility index (Phi) is 6.32. The Morgan fingerprint density at radius 1 is 0.870 bits per heavy atom. The normalized spacial score (nSPS) is 10.1. The van der Waals surface area contributed by atoms with E-state index in [0.29, 0.717) is 13.1 Å². The van der Waals surface area contributed by atoms with Crippen molar-refractivity contribution in [2.75, 3.05) is 25.0 Å². The Morgan fingerprint density at radius 2 is 1.52 bits per heavy atom. The highest BCUT2D eigenvalue weighted by Gasteiger charge is 2.02. The zero-order valence-corrected chi connectivity index (χ0v) is 13.1. The molecule has 0 unspecified atom stereocenters. The summed E-state index contributed by atoms with van der Waals surface area (Å²) < 4.78 is 0. The zero-order chi connectivity index (χ0) is 16.5. The molecule has 0 heterocycles. The molecule has 0 atom stereocenters. The first kappa shape index (κ1) is 16.7. The number of hydrogen-bond donors (Lipinski definition) is 3. The predicted octanol–water partition coefficient (Wildman–Crippen LogP) is 2.02. The van der Waals surface area contributed by atoms with E-state index in [0.717, 1.165) is 16.8 Å². The molecular formula is C18H21N3O2. The van der Waals surface area contributed by atoms with Gasteiger partial charge in [0.15, 0.2) is 0 Å². The minimum atomic E-state index is -0.111. The molecule has 2 aromatic carbocycles. The van der Waals surface area contributed by atoms with Crippen molar-refractivity contribution in [3.63, 3.8) is 0 Å². The van der Waals surface area contributed by atoms with Gasteiger partial charge in [-0.1, -0.05) is 42.5 Å². The van der Waals surface area contributed by atoms with E-state index in [-0.39, 0.29) is 18.4 Å². The molecule has 0 aliphatic rings. The highest BCUT2D eigenvalue weighted by atomic mass is 16.2. The molecule has 2 aromatic rings. The molecule has 0 aromatic heterocycles. The molecule has 0 saturated heterocycles. The monoisotopic (exact) mass is 311 g/mol. The van der Waals surface area contributed by atoms with Crippen molar-refractivity contribution < 1.29 is 9.59 Å². The van der Waals surface area contributed by atoms with Crippen molar-refractivity contribution >= 4 is 17.5 Å². The fourth-order valence-electron chi connectivity index (χ4n) is 2.11. The van der Waals surface area contributed by atoms with Crippen LogP contribution in [0.15, 0.2) is 54.6 Å². The molecule has 5 nitrogen and oxygen atoms in total. The maximum Gasteiger partial charge on any atom is 0.238 e. The average molecular weight is 311 g/mol. The Morgan fingerprint density at radius 3 is 2.17 bits per heavy atom. The molecule has 0 fully saturated rings. The first-order valence-corrected chi connectivity index (χ1v) is 7.55. The van der Waals surface area contributed by atoms with Gasteiger partial charge in [-0.25, -0.2) is 0 Å². The van der Waals surface area contributed by atoms with Gasteiger partial charge in [0.25, 0.3) is 0 Å². The third-order valence-electron chi connectivity index (χ3n) is 3.24. The fourth-order valence-corrected chi connectivity index (χ4v) is 2.11. The van der Waals surface area contributed by atoms with Gasteiger partial charge in [-0.3, -0.25) is 9.59 Å². The van der Waals surface area contributed by atoms with Gasteiger partial charge < -0.3 is 16.0 Å². The van der Waals surface area contributed by atoms with Crippen LogP contribution < -0.4 is 16.0 Å². The van der Waals surface area contributed by atoms with Crippen LogP contribution in [0.3, 0.4) is 0 Å². The number of carbonyl (C=O) groups is 2. The van der Waals surface area contributed by atoms with Gasteiger partial charge in [0.05, 0.1) is 6.54 Å². The number of anilines is 1. The second-order valence-corrected chi connectivity index (χ2v) is 5.15. The van der Waals surface area contributed by atoms with Gasteiger partial charge in [-0.05, 0) is 23.3 Å². The number of carbonyl (C=O) groups excluding carboxylic acids is 2. The number of amides is 2. The van der Waals surface area contributed by atoms with Crippen LogP contribution in [0.4, 0.5) is 5.69 Å². The molecule has 2 rings (SSSR count). The molecule has 0 spiro atoms. The van der Waals surface area contributed by atoms with Crippen molar-refractivity contribution in [2.24, 2.45) is 0 Å². The van der Waals surface area contributed by atoms with Crippen LogP contribution in [0.25, 0.3) is 11.1 Å². The fraction of sp³-hybridized carbons (Fsp3) is 0.222. The van der Waals surface area contributed by atoms with Crippen LogP contribution in [-0.4, -0.2) is 31.4 Å². The summed E-state index contributed by atoms with van der Waals surface area (Å²) in [7, 11) is 0. The van der Waals surface area contributed by atoms with E-state index < -0.39 is 0 Å². The Bertz CT molecular complexity index is 639. The highest BCUT2D eigenvalue weighted by Crippen LogP contribution is 2.20. The van der Waals surface area contributed by atoms with Crippen molar-refractivity contribution in [1.82, 2.24) is 10.6 Å². The smallest absolute Gasteiger partial charge is 0.238 e. The van der Waals surface area contributed by atoms with Crippen molar-refractivity contribution in [3.05, 3.63) is 54.6 Å². The van der Waals surface area contributed by atoms with Crippen LogP contribution >= 0.6 is 0 Å². The third kappa shape index (κ3) is 5.92. The lowest BCUT2D eigenvalue weighted by Gasteiger charge is -2.08. The minimum Gasteiger partial charge on any atom is -0.355 e. The summed E-state index contributed by atoms with van der Waals surface area (Å²) in [6.45, 7) is 2.74. The van der Waals surface area contributed by atoms with Gasteiger partial charge >= 0.3 is 0 Å². The van der Waals surface area contributed by atoms with E-state index >= 15 is 0 Å². The van der Waals surface area contributed by atoms with Gasteiger partial charge in [0, 0.05) is 25.7 Å². The number of nitrogens with one attached hydrogen (secondary N) is 3. The molecule has 3 N–H and O–H groups in total. The van der Waals surface area contributed by atoms with Crippen molar-refractivity contribution in [3.8, 4) is 11.1 Å². The summed E-state index contributed by atoms with van der Waals surface area (Å²) in [5.74, 6) is -0.185. The van der Waals surface area contributed by atoms with Crippen LogP contribution in [0.5, 0.6) is 0 Å². The van der Waals surface area contributed by atoms with E-state index in [1.807, 2.05) is 54.6 Å². The Balaban J connectivity index is 1.77. The van der Waals surface area contributed by atoms with Crippen molar-refractivity contribution in [1.29, 1.82) is 0 Å². The van der Waals surface area contributed by atoms with Gasteiger partial charge in [-0.15, -0.1) is 0 Å². The van der Waals surface area contributed by atoms with Crippen LogP contribution in [-0.2, 0) is 9.59 Å². The van der Waals surface area contributed by atoms with E-state index in [9.17, 15) is 9.59 Å². The van der Waals surface area contributed by atoms with Gasteiger partial charge in [0.1, 0.15) is 0 Å². The molecule has 0 bridgehead atoms. The number of rotatable bonds is 7. The van der Waals surface area contributed by atoms with Gasteiger partial charge in [0.2, 0.25) is 11.8 Å². The van der Waals surface area contributed by atoms with E-state index in [1.54, 1.807) is 0 Å². The Hall–Kier alpha value is -2.66. The minimum absolute atomic E-state index is 0.0743. The summed E-state index contributed by atoms with van der Waals surface area (Å²) in [5, 5.41) is 8.46. The maximum atomic E-state index is 11.8. The summed E-state index contributed by atoms with van der Waals surface area (Å²) in [6, 6.07) is 17.8. The number of benzene rings is 2. The second kappa shape index (κ2) is 8.70. The van der Waals surface area contributed by atoms with Gasteiger partial charge in [-0.2, -0.15) is 0 Å². The molecule has 0 aliphatic heterocycles. The topological polar surface area (TPSA) is 70.2 Å². The van der Waals surface area contributed by atoms with E-state index in [2.05, 4.69) is 16.0 Å². The van der Waals surface area contributed by atoms with E-state index in [1.165, 1.54) is 6.92 Å². The molecular weight excluding hydrogens is 290 g/mol. The predicted molar refractivity (Wildman–Crippen MR) is 92.1 cm³/mol. The largest absolute Gasteiger partial charge is 0.355 e. The lowest BCUT2D eigenvalue weighted by molar-refractivity contribution is -0.118. The maximum absolute atomic E-state index is 11.8. The summed E-state index contributed by atoms with van der Waals surface area (Å²) in [6.07, 6.45) is 0. The molecule has 0 aliphatic carbocycles. The van der Waals surface area contributed by atoms with Crippen LogP contribution in [0, 0.1) is 0 Å². The molecule has 23 heavy (non-hydrogen) atoms. The molecule has 0 radical (unpaired) electrons. The summed E-state index contributed by atoms with van der Waals surface area (Å²) in [5.41, 5.74) is 3.01. The average Bonchev–Trinajstić information content (AvgIpc) is 2.56. The molecule has 5 heteroatoms. The Labute approximate surface area is 136 Å². The second-order valence-electron chi connectivity index (χ2n) is 5.15. The lowest BCUT2D eigenvalue weighted by atomic mass is 10.1. The standard InChI is InChI=1S/C18H21N3O2/c1-14(22)20-12-11-19-13-18(23)21-17-9-7-16(8-10-17)15-5-3-2-4-6-15/h2-10,19H,11-13H2,1H3,(H,20,22)(H,21,23). The quantitative estimate of drug-likeness (QED) is 0.685. The van der Waals surface area contributed by atoms with Crippen LogP contribution in [0.2, 0.25) is 0 Å². The zero-order valence-electron chi connectivity index (χ0n) is 13.1. The lowest BCUT2D eigenvalue weighted by Crippen LogP contribution is -2.34. The highest BCUT2D eigenvalue weighted by molar-refractivity contribution is 5.92. The molecule has 2 amide bonds. The molecule has 0 saturated carbocycles. The van der Waals surface area contributed by atoms with Crippen molar-refractivity contribution in [2.45, 2.75) is 6.92 Å². The first-order valence-electron chi connectivity index (χ1n) is 7.55. The van der Waals surface area contributed by atoms with Crippen LogP contribution in [0.1, 0.15) is 6.92 Å². The number of hydrogen-bond acceptors (Lipinski definition) is 3.